The Balaban J connectivity index is 1.75. The molecule has 2 heterocycles. The summed E-state index contributed by atoms with van der Waals surface area (Å²) in [7, 11) is 0. The molecule has 0 aromatic heterocycles. The maximum absolute atomic E-state index is 12.8. The molecule has 1 saturated heterocycles. The number of urea groups is 1. The minimum Gasteiger partial charge on any atom is -0.307 e. The van der Waals surface area contributed by atoms with Gasteiger partial charge in [0.2, 0.25) is 0 Å². The number of carbonyl (C=O) groups is 2. The Kier molecular flexibility index (Phi) is 2.79. The zero-order valence-electron chi connectivity index (χ0n) is 12.3. The first kappa shape index (κ1) is 13.1. The van der Waals surface area contributed by atoms with E-state index < -0.39 is 0 Å². The van der Waals surface area contributed by atoms with Crippen LogP contribution in [-0.4, -0.2) is 22.9 Å². The number of aryl methyl sites for hydroxylation is 1. The molecule has 4 nitrogen and oxygen atoms in total. The Bertz CT molecular complexity index is 741. The van der Waals surface area contributed by atoms with Crippen LogP contribution in [0.2, 0.25) is 0 Å². The first-order valence-corrected chi connectivity index (χ1v) is 7.44. The Morgan fingerprint density at radius 3 is 2.41 bits per heavy atom. The predicted octanol–water partition coefficient (Wildman–Crippen LogP) is 2.89. The number of amides is 3. The van der Waals surface area contributed by atoms with Crippen LogP contribution in [0.1, 0.15) is 16.7 Å². The van der Waals surface area contributed by atoms with Crippen molar-refractivity contribution in [2.24, 2.45) is 0 Å². The Morgan fingerprint density at radius 2 is 1.64 bits per heavy atom. The first-order valence-electron chi connectivity index (χ1n) is 7.44. The Morgan fingerprint density at radius 1 is 0.955 bits per heavy atom. The fourth-order valence-electron chi connectivity index (χ4n) is 3.35. The van der Waals surface area contributed by atoms with Crippen LogP contribution in [0.25, 0.3) is 0 Å². The van der Waals surface area contributed by atoms with Gasteiger partial charge in [-0.2, -0.15) is 0 Å². The SMILES string of the molecule is Cc1ccccc1N1C(=O)[C@H]2Cc3ccccc3CN2C1=O. The van der Waals surface area contributed by atoms with Crippen LogP contribution >= 0.6 is 0 Å². The molecule has 0 radical (unpaired) electrons. The standard InChI is InChI=1S/C18H16N2O2/c1-12-6-2-5-9-15(12)20-17(21)16-10-13-7-3-4-8-14(13)11-19(16)18(20)22/h2-9,16H,10-11H2,1H3/t16-/m1/s1. The molecule has 2 aliphatic heterocycles. The van der Waals surface area contributed by atoms with Crippen LogP contribution in [0.3, 0.4) is 0 Å². The van der Waals surface area contributed by atoms with E-state index in [0.717, 1.165) is 16.7 Å². The molecule has 0 N–H and O–H groups in total. The molecule has 4 rings (SSSR count). The second-order valence-electron chi connectivity index (χ2n) is 5.86. The van der Waals surface area contributed by atoms with Gasteiger partial charge in [-0.1, -0.05) is 42.5 Å². The molecule has 2 aliphatic rings. The largest absolute Gasteiger partial charge is 0.332 e. The zero-order chi connectivity index (χ0) is 15.3. The molecular formula is C18H16N2O2. The molecular weight excluding hydrogens is 276 g/mol. The van der Waals surface area contributed by atoms with E-state index in [-0.39, 0.29) is 18.0 Å². The van der Waals surface area contributed by atoms with E-state index in [0.29, 0.717) is 18.7 Å². The number of imide groups is 1. The molecule has 3 amide bonds. The third-order valence-electron chi connectivity index (χ3n) is 4.55. The highest BCUT2D eigenvalue weighted by Gasteiger charge is 2.48. The second kappa shape index (κ2) is 4.70. The fraction of sp³-hybridized carbons (Fsp3) is 0.222. The van der Waals surface area contributed by atoms with Gasteiger partial charge in [0.25, 0.3) is 5.91 Å². The lowest BCUT2D eigenvalue weighted by molar-refractivity contribution is -0.120. The number of rotatable bonds is 1. The molecule has 0 bridgehead atoms. The second-order valence-corrected chi connectivity index (χ2v) is 5.86. The molecule has 0 spiro atoms. The van der Waals surface area contributed by atoms with Crippen molar-refractivity contribution in [3.8, 4) is 0 Å². The lowest BCUT2D eigenvalue weighted by Crippen LogP contribution is -2.39. The summed E-state index contributed by atoms with van der Waals surface area (Å²) in [5.74, 6) is -0.117. The van der Waals surface area contributed by atoms with Gasteiger partial charge >= 0.3 is 6.03 Å². The average molecular weight is 292 g/mol. The topological polar surface area (TPSA) is 40.6 Å². The van der Waals surface area contributed by atoms with Gasteiger partial charge in [-0.3, -0.25) is 4.79 Å². The summed E-state index contributed by atoms with van der Waals surface area (Å²) >= 11 is 0. The van der Waals surface area contributed by atoms with Crippen molar-refractivity contribution in [3.05, 3.63) is 65.2 Å². The summed E-state index contributed by atoms with van der Waals surface area (Å²) in [5, 5.41) is 0. The van der Waals surface area contributed by atoms with Gasteiger partial charge < -0.3 is 4.90 Å². The number of carbonyl (C=O) groups excluding carboxylic acids is 2. The molecule has 0 saturated carbocycles. The van der Waals surface area contributed by atoms with E-state index in [9.17, 15) is 9.59 Å². The van der Waals surface area contributed by atoms with Crippen molar-refractivity contribution in [1.29, 1.82) is 0 Å². The van der Waals surface area contributed by atoms with Gasteiger partial charge in [0.1, 0.15) is 6.04 Å². The van der Waals surface area contributed by atoms with E-state index in [1.165, 1.54) is 4.90 Å². The van der Waals surface area contributed by atoms with Crippen LogP contribution in [0.15, 0.2) is 48.5 Å². The third kappa shape index (κ3) is 1.77. The van der Waals surface area contributed by atoms with Gasteiger partial charge in [-0.05, 0) is 29.7 Å². The maximum Gasteiger partial charge on any atom is 0.332 e. The van der Waals surface area contributed by atoms with Crippen molar-refractivity contribution >= 4 is 17.6 Å². The molecule has 0 unspecified atom stereocenters. The van der Waals surface area contributed by atoms with Gasteiger partial charge in [0.05, 0.1) is 5.69 Å². The van der Waals surface area contributed by atoms with Crippen LogP contribution in [0.5, 0.6) is 0 Å². The maximum atomic E-state index is 12.8. The number of nitrogens with zero attached hydrogens (tertiary/aromatic N) is 2. The lowest BCUT2D eigenvalue weighted by atomic mass is 9.95. The summed E-state index contributed by atoms with van der Waals surface area (Å²) in [6.07, 6.45) is 0.600. The molecule has 22 heavy (non-hydrogen) atoms. The summed E-state index contributed by atoms with van der Waals surface area (Å²) < 4.78 is 0. The molecule has 110 valence electrons. The van der Waals surface area contributed by atoms with Crippen molar-refractivity contribution in [1.82, 2.24) is 4.90 Å². The van der Waals surface area contributed by atoms with Crippen molar-refractivity contribution in [2.45, 2.75) is 25.9 Å². The first-order chi connectivity index (χ1) is 10.7. The summed E-state index contributed by atoms with van der Waals surface area (Å²) in [6, 6.07) is 15.0. The van der Waals surface area contributed by atoms with E-state index in [2.05, 4.69) is 0 Å². The molecule has 4 heteroatoms. The van der Waals surface area contributed by atoms with Gasteiger partial charge in [-0.15, -0.1) is 0 Å². The monoisotopic (exact) mass is 292 g/mol. The Labute approximate surface area is 129 Å². The third-order valence-corrected chi connectivity index (χ3v) is 4.55. The van der Waals surface area contributed by atoms with Crippen LogP contribution in [-0.2, 0) is 17.8 Å². The highest BCUT2D eigenvalue weighted by Crippen LogP contribution is 2.33. The minimum atomic E-state index is -0.373. The number of benzene rings is 2. The van der Waals surface area contributed by atoms with Crippen molar-refractivity contribution in [3.63, 3.8) is 0 Å². The van der Waals surface area contributed by atoms with Gasteiger partial charge in [0, 0.05) is 13.0 Å². The fourth-order valence-corrected chi connectivity index (χ4v) is 3.35. The summed E-state index contributed by atoms with van der Waals surface area (Å²) in [4.78, 5) is 28.6. The van der Waals surface area contributed by atoms with Crippen LogP contribution in [0, 0.1) is 6.92 Å². The number of hydrogen-bond acceptors (Lipinski definition) is 2. The highest BCUT2D eigenvalue weighted by atomic mass is 16.2. The molecule has 1 fully saturated rings. The summed E-state index contributed by atoms with van der Waals surface area (Å²) in [6.45, 7) is 2.43. The van der Waals surface area contributed by atoms with Gasteiger partial charge in [0.15, 0.2) is 0 Å². The van der Waals surface area contributed by atoms with Crippen molar-refractivity contribution in [2.75, 3.05) is 4.90 Å². The van der Waals surface area contributed by atoms with E-state index in [1.54, 1.807) is 4.90 Å². The quantitative estimate of drug-likeness (QED) is 0.758. The molecule has 1 atom stereocenters. The number of fused-ring (bicyclic) bond motifs is 2. The molecule has 2 aromatic carbocycles. The predicted molar refractivity (Wildman–Crippen MR) is 83.5 cm³/mol. The Hall–Kier alpha value is -2.62. The average Bonchev–Trinajstić information content (AvgIpc) is 2.77. The highest BCUT2D eigenvalue weighted by molar-refractivity contribution is 6.21. The van der Waals surface area contributed by atoms with Crippen molar-refractivity contribution < 1.29 is 9.59 Å². The number of para-hydroxylation sites is 1. The van der Waals surface area contributed by atoms with E-state index in [1.807, 2.05) is 55.5 Å². The normalized spacial score (nSPS) is 20.1. The van der Waals surface area contributed by atoms with Crippen LogP contribution in [0.4, 0.5) is 10.5 Å². The smallest absolute Gasteiger partial charge is 0.307 e. The molecule has 2 aromatic rings. The lowest BCUT2D eigenvalue weighted by Gasteiger charge is -2.28. The number of hydrogen-bond donors (Lipinski definition) is 0. The zero-order valence-corrected chi connectivity index (χ0v) is 12.3. The van der Waals surface area contributed by atoms with Crippen LogP contribution < -0.4 is 4.90 Å². The van der Waals surface area contributed by atoms with Gasteiger partial charge in [-0.25, -0.2) is 9.69 Å². The summed E-state index contributed by atoms with van der Waals surface area (Å²) in [5.41, 5.74) is 3.92. The molecule has 0 aliphatic carbocycles. The van der Waals surface area contributed by atoms with E-state index in [4.69, 9.17) is 0 Å². The number of anilines is 1. The van der Waals surface area contributed by atoms with E-state index >= 15 is 0 Å². The minimum absolute atomic E-state index is 0.117.